The number of ether oxygens (including phenoxy) is 1. The topological polar surface area (TPSA) is 57.7 Å². The first kappa shape index (κ1) is 22.3. The highest BCUT2D eigenvalue weighted by Gasteiger charge is 2.34. The molecule has 0 saturated carbocycles. The second kappa shape index (κ2) is 11.7. The Morgan fingerprint density at radius 2 is 1.67 bits per heavy atom. The first-order valence-electron chi connectivity index (χ1n) is 11.1. The number of nitrogens with zero attached hydrogens (tertiary/aromatic N) is 1. The van der Waals surface area contributed by atoms with E-state index in [1.807, 2.05) is 7.05 Å². The summed E-state index contributed by atoms with van der Waals surface area (Å²) >= 11 is 0. The Hall–Kier alpha value is -2.37. The van der Waals surface area contributed by atoms with Gasteiger partial charge in [0.2, 0.25) is 0 Å². The summed E-state index contributed by atoms with van der Waals surface area (Å²) in [5.41, 5.74) is 2.68. The summed E-state index contributed by atoms with van der Waals surface area (Å²) in [7, 11) is 1.84. The van der Waals surface area contributed by atoms with Gasteiger partial charge in [0.1, 0.15) is 0 Å². The van der Waals surface area contributed by atoms with Crippen molar-refractivity contribution in [1.82, 2.24) is 16.0 Å². The molecule has 0 amide bonds. The van der Waals surface area contributed by atoms with Crippen LogP contribution in [0, 0.1) is 0 Å². The van der Waals surface area contributed by atoms with Crippen LogP contribution < -0.4 is 16.0 Å². The van der Waals surface area contributed by atoms with E-state index in [2.05, 4.69) is 88.5 Å². The normalized spacial score (nSPS) is 17.3. The number of aliphatic imine (C=N–C) groups is 1. The van der Waals surface area contributed by atoms with Crippen molar-refractivity contribution >= 4 is 5.96 Å². The van der Waals surface area contributed by atoms with Crippen LogP contribution in [0.25, 0.3) is 0 Å². The molecule has 0 aliphatic carbocycles. The van der Waals surface area contributed by atoms with Gasteiger partial charge in [-0.2, -0.15) is 0 Å². The highest BCUT2D eigenvalue weighted by Crippen LogP contribution is 2.25. The maximum absolute atomic E-state index is 5.65. The molecule has 5 heteroatoms. The lowest BCUT2D eigenvalue weighted by atomic mass is 9.88. The van der Waals surface area contributed by atoms with E-state index < -0.39 is 0 Å². The van der Waals surface area contributed by atoms with E-state index in [1.165, 1.54) is 11.1 Å². The van der Waals surface area contributed by atoms with Crippen molar-refractivity contribution in [3.8, 4) is 0 Å². The number of rotatable bonds is 9. The van der Waals surface area contributed by atoms with Gasteiger partial charge in [0.05, 0.1) is 0 Å². The van der Waals surface area contributed by atoms with E-state index in [1.54, 1.807) is 0 Å². The highest BCUT2D eigenvalue weighted by atomic mass is 16.5. The van der Waals surface area contributed by atoms with E-state index >= 15 is 0 Å². The lowest BCUT2D eigenvalue weighted by Gasteiger charge is -2.41. The van der Waals surface area contributed by atoms with Gasteiger partial charge in [0.15, 0.2) is 5.96 Å². The molecule has 3 rings (SSSR count). The summed E-state index contributed by atoms with van der Waals surface area (Å²) < 4.78 is 5.65. The van der Waals surface area contributed by atoms with Crippen molar-refractivity contribution in [2.45, 2.75) is 44.2 Å². The van der Waals surface area contributed by atoms with Crippen molar-refractivity contribution in [2.24, 2.45) is 4.99 Å². The summed E-state index contributed by atoms with van der Waals surface area (Å²) in [5.74, 6) is 0.864. The first-order valence-corrected chi connectivity index (χ1v) is 11.1. The van der Waals surface area contributed by atoms with E-state index in [4.69, 9.17) is 4.74 Å². The molecule has 0 aromatic heterocycles. The number of nitrogens with one attached hydrogen (secondary N) is 3. The zero-order chi connectivity index (χ0) is 21.1. The largest absolute Gasteiger partial charge is 0.381 e. The van der Waals surface area contributed by atoms with Crippen molar-refractivity contribution in [2.75, 3.05) is 33.4 Å². The summed E-state index contributed by atoms with van der Waals surface area (Å²) in [5, 5.41) is 10.9. The average molecular weight is 409 g/mol. The second-order valence-electron chi connectivity index (χ2n) is 8.11. The Morgan fingerprint density at radius 3 is 2.33 bits per heavy atom. The third-order valence-electron chi connectivity index (χ3n) is 5.87. The van der Waals surface area contributed by atoms with Gasteiger partial charge in [-0.25, -0.2) is 0 Å². The summed E-state index contributed by atoms with van der Waals surface area (Å²) in [6.45, 7) is 5.55. The van der Waals surface area contributed by atoms with Crippen LogP contribution in [0.3, 0.4) is 0 Å². The first-order chi connectivity index (χ1) is 14.7. The van der Waals surface area contributed by atoms with Gasteiger partial charge in [-0.3, -0.25) is 4.99 Å². The van der Waals surface area contributed by atoms with Crippen LogP contribution in [0.2, 0.25) is 0 Å². The molecule has 1 atom stereocenters. The van der Waals surface area contributed by atoms with E-state index in [9.17, 15) is 0 Å². The van der Waals surface area contributed by atoms with Gasteiger partial charge in [0.25, 0.3) is 0 Å². The highest BCUT2D eigenvalue weighted by molar-refractivity contribution is 5.79. The number of hydrogen-bond donors (Lipinski definition) is 3. The van der Waals surface area contributed by atoms with E-state index in [-0.39, 0.29) is 11.6 Å². The molecule has 0 bridgehead atoms. The van der Waals surface area contributed by atoms with Crippen LogP contribution in [0.1, 0.15) is 43.4 Å². The molecular formula is C25H36N4O. The monoisotopic (exact) mass is 408 g/mol. The molecule has 0 radical (unpaired) electrons. The smallest absolute Gasteiger partial charge is 0.191 e. The molecule has 0 spiro atoms. The SMILES string of the molecule is CN=C(NCCCc1ccccc1)NCC1(NC(C)c2ccccc2)CCOCC1. The fourth-order valence-electron chi connectivity index (χ4n) is 4.04. The van der Waals surface area contributed by atoms with Gasteiger partial charge < -0.3 is 20.7 Å². The van der Waals surface area contributed by atoms with E-state index in [0.717, 1.165) is 57.9 Å². The number of guanidine groups is 1. The molecule has 3 N–H and O–H groups in total. The Morgan fingerprint density at radius 1 is 1.00 bits per heavy atom. The van der Waals surface area contributed by atoms with Crippen LogP contribution in [-0.4, -0.2) is 44.8 Å². The van der Waals surface area contributed by atoms with Gasteiger partial charge in [-0.15, -0.1) is 0 Å². The molecular weight excluding hydrogens is 372 g/mol. The van der Waals surface area contributed by atoms with E-state index in [0.29, 0.717) is 0 Å². The average Bonchev–Trinajstić information content (AvgIpc) is 2.80. The molecule has 5 nitrogen and oxygen atoms in total. The molecule has 1 heterocycles. The second-order valence-corrected chi connectivity index (χ2v) is 8.11. The van der Waals surface area contributed by atoms with Gasteiger partial charge >= 0.3 is 0 Å². The molecule has 1 saturated heterocycles. The Kier molecular flexibility index (Phi) is 8.72. The quantitative estimate of drug-likeness (QED) is 0.337. The maximum Gasteiger partial charge on any atom is 0.191 e. The fourth-order valence-corrected chi connectivity index (χ4v) is 4.04. The van der Waals surface area contributed by atoms with Crippen LogP contribution in [0.4, 0.5) is 0 Å². The van der Waals surface area contributed by atoms with Crippen LogP contribution in [0.5, 0.6) is 0 Å². The van der Waals surface area contributed by atoms with Crippen molar-refractivity contribution in [3.63, 3.8) is 0 Å². The molecule has 2 aromatic rings. The third kappa shape index (κ3) is 6.85. The minimum atomic E-state index is -0.00479. The number of aryl methyl sites for hydroxylation is 1. The lowest BCUT2D eigenvalue weighted by molar-refractivity contribution is 0.0355. The Balaban J connectivity index is 1.50. The molecule has 162 valence electrons. The molecule has 1 fully saturated rings. The van der Waals surface area contributed by atoms with Gasteiger partial charge in [-0.05, 0) is 43.7 Å². The minimum absolute atomic E-state index is 0.00479. The predicted molar refractivity (Wildman–Crippen MR) is 125 cm³/mol. The maximum atomic E-state index is 5.65. The van der Waals surface area contributed by atoms with Gasteiger partial charge in [0, 0.05) is 44.9 Å². The van der Waals surface area contributed by atoms with Crippen LogP contribution in [0.15, 0.2) is 65.7 Å². The van der Waals surface area contributed by atoms with Crippen LogP contribution >= 0.6 is 0 Å². The summed E-state index contributed by atoms with van der Waals surface area (Å²) in [4.78, 5) is 4.42. The zero-order valence-electron chi connectivity index (χ0n) is 18.4. The summed E-state index contributed by atoms with van der Waals surface area (Å²) in [6.07, 6.45) is 4.12. The standard InChI is InChI=1S/C25H36N4O/c1-21(23-13-7-4-8-14-23)29-25(15-18-30-19-16-25)20-28-24(26-2)27-17-9-12-22-10-5-3-6-11-22/h3-8,10-11,13-14,21,29H,9,12,15-20H2,1-2H3,(H2,26,27,28). The fraction of sp³-hybridized carbons (Fsp3) is 0.480. The Labute approximate surface area is 181 Å². The van der Waals surface area contributed by atoms with Gasteiger partial charge in [-0.1, -0.05) is 60.7 Å². The molecule has 30 heavy (non-hydrogen) atoms. The van der Waals surface area contributed by atoms with Crippen molar-refractivity contribution in [3.05, 3.63) is 71.8 Å². The molecule has 1 unspecified atom stereocenters. The predicted octanol–water partition coefficient (Wildman–Crippen LogP) is 3.68. The Bertz CT molecular complexity index is 757. The number of benzene rings is 2. The lowest BCUT2D eigenvalue weighted by Crippen LogP contribution is -2.58. The number of hydrogen-bond acceptors (Lipinski definition) is 3. The summed E-state index contributed by atoms with van der Waals surface area (Å²) in [6, 6.07) is 21.5. The molecule has 1 aliphatic rings. The minimum Gasteiger partial charge on any atom is -0.381 e. The zero-order valence-corrected chi connectivity index (χ0v) is 18.4. The third-order valence-corrected chi connectivity index (χ3v) is 5.87. The van der Waals surface area contributed by atoms with Crippen molar-refractivity contribution in [1.29, 1.82) is 0 Å². The molecule has 1 aliphatic heterocycles. The van der Waals surface area contributed by atoms with Crippen molar-refractivity contribution < 1.29 is 4.74 Å². The van der Waals surface area contributed by atoms with Crippen LogP contribution in [-0.2, 0) is 11.2 Å². The molecule has 2 aromatic carbocycles.